The van der Waals surface area contributed by atoms with Crippen LogP contribution >= 0.6 is 27.7 Å². The van der Waals surface area contributed by atoms with E-state index in [1.165, 1.54) is 4.90 Å². The Labute approximate surface area is 96.8 Å². The highest BCUT2D eigenvalue weighted by Crippen LogP contribution is 2.24. The minimum atomic E-state index is 1.05. The van der Waals surface area contributed by atoms with Crippen molar-refractivity contribution in [2.75, 3.05) is 12.9 Å². The van der Waals surface area contributed by atoms with Crippen LogP contribution in [-0.4, -0.2) is 19.1 Å². The Hall–Kier alpha value is -0.480. The molecule has 0 radical (unpaired) electrons. The molecule has 0 aliphatic heterocycles. The first kappa shape index (κ1) is 11.6. The summed E-state index contributed by atoms with van der Waals surface area (Å²) in [6.45, 7) is 2.13. The summed E-state index contributed by atoms with van der Waals surface area (Å²) in [4.78, 5) is 5.88. The van der Waals surface area contributed by atoms with E-state index in [9.17, 15) is 0 Å². The molecule has 0 saturated carbocycles. The van der Waals surface area contributed by atoms with Crippen LogP contribution in [0.5, 0.6) is 0 Å². The highest BCUT2D eigenvalue weighted by atomic mass is 79.9. The number of benzene rings is 1. The first-order valence-electron chi connectivity index (χ1n) is 4.26. The number of halogens is 1. The van der Waals surface area contributed by atoms with Crippen molar-refractivity contribution in [3.05, 3.63) is 28.2 Å². The van der Waals surface area contributed by atoms with Gasteiger partial charge < -0.3 is 4.84 Å². The van der Waals surface area contributed by atoms with Gasteiger partial charge in [-0.3, -0.25) is 0 Å². The van der Waals surface area contributed by atoms with Crippen LogP contribution in [0.4, 0.5) is 0 Å². The quantitative estimate of drug-likeness (QED) is 0.476. The summed E-state index contributed by atoms with van der Waals surface area (Å²) in [5.41, 5.74) is 1.08. The van der Waals surface area contributed by atoms with E-state index in [0.717, 1.165) is 15.8 Å². The van der Waals surface area contributed by atoms with Crippen molar-refractivity contribution < 1.29 is 4.84 Å². The number of oxime groups is 1. The number of rotatable bonds is 4. The van der Waals surface area contributed by atoms with E-state index in [0.29, 0.717) is 0 Å². The molecule has 0 amide bonds. The van der Waals surface area contributed by atoms with Crippen molar-refractivity contribution >= 4 is 33.9 Å². The summed E-state index contributed by atoms with van der Waals surface area (Å²) in [6, 6.07) is 6.14. The van der Waals surface area contributed by atoms with E-state index in [4.69, 9.17) is 0 Å². The fourth-order valence-corrected chi connectivity index (χ4v) is 2.15. The fraction of sp³-hybridized carbons (Fsp3) is 0.300. The van der Waals surface area contributed by atoms with E-state index in [-0.39, 0.29) is 0 Å². The molecule has 0 unspecified atom stereocenters. The Kier molecular flexibility index (Phi) is 5.04. The predicted octanol–water partition coefficient (Wildman–Crippen LogP) is 3.54. The number of thioether (sulfide) groups is 1. The van der Waals surface area contributed by atoms with Gasteiger partial charge in [-0.2, -0.15) is 0 Å². The maximum absolute atomic E-state index is 4.66. The average molecular weight is 274 g/mol. The molecule has 0 heterocycles. The largest absolute Gasteiger partial charge is 0.399 e. The molecule has 1 aromatic carbocycles. The predicted molar refractivity (Wildman–Crippen MR) is 65.1 cm³/mol. The van der Waals surface area contributed by atoms with Crippen LogP contribution in [0.2, 0.25) is 0 Å². The van der Waals surface area contributed by atoms with Crippen LogP contribution in [0.25, 0.3) is 0 Å². The Morgan fingerprint density at radius 1 is 1.57 bits per heavy atom. The maximum atomic E-state index is 4.66. The van der Waals surface area contributed by atoms with Crippen LogP contribution in [0.3, 0.4) is 0 Å². The van der Waals surface area contributed by atoms with Gasteiger partial charge in [0.15, 0.2) is 0 Å². The number of nitrogens with zero attached hydrogens (tertiary/aromatic N) is 1. The topological polar surface area (TPSA) is 21.6 Å². The molecule has 1 rings (SSSR count). The molecule has 0 aromatic heterocycles. The second-order valence-corrected chi connectivity index (χ2v) is 4.75. The molecule has 0 atom stereocenters. The molecule has 1 aromatic rings. The molecule has 0 fully saturated rings. The lowest BCUT2D eigenvalue weighted by Gasteiger charge is -2.03. The molecule has 14 heavy (non-hydrogen) atoms. The first-order valence-corrected chi connectivity index (χ1v) is 6.04. The highest BCUT2D eigenvalue weighted by molar-refractivity contribution is 9.10. The zero-order valence-electron chi connectivity index (χ0n) is 8.16. The second kappa shape index (κ2) is 6.09. The van der Waals surface area contributed by atoms with Gasteiger partial charge in [0, 0.05) is 14.9 Å². The SMILES string of the molecule is CCSc1ccc(Br)cc1/C=N/OC. The van der Waals surface area contributed by atoms with E-state index >= 15 is 0 Å². The van der Waals surface area contributed by atoms with Crippen molar-refractivity contribution in [2.45, 2.75) is 11.8 Å². The van der Waals surface area contributed by atoms with E-state index in [2.05, 4.69) is 38.9 Å². The van der Waals surface area contributed by atoms with Crippen molar-refractivity contribution in [1.82, 2.24) is 0 Å². The standard InChI is InChI=1S/C10H12BrNOS/c1-3-14-10-5-4-9(11)6-8(10)7-12-13-2/h4-7H,3H2,1-2H3/b12-7+. The molecule has 0 N–H and O–H groups in total. The van der Waals surface area contributed by atoms with Crippen molar-refractivity contribution in [2.24, 2.45) is 5.16 Å². The van der Waals surface area contributed by atoms with Gasteiger partial charge in [-0.05, 0) is 24.0 Å². The Bertz CT molecular complexity index is 328. The molecule has 76 valence electrons. The molecule has 0 spiro atoms. The summed E-state index contributed by atoms with van der Waals surface area (Å²) in [5, 5.41) is 3.77. The van der Waals surface area contributed by atoms with Gasteiger partial charge in [-0.25, -0.2) is 0 Å². The van der Waals surface area contributed by atoms with Gasteiger partial charge in [0.1, 0.15) is 7.11 Å². The summed E-state index contributed by atoms with van der Waals surface area (Å²) < 4.78 is 1.05. The maximum Gasteiger partial charge on any atom is 0.106 e. The minimum Gasteiger partial charge on any atom is -0.399 e. The molecule has 0 bridgehead atoms. The molecule has 0 aliphatic carbocycles. The first-order chi connectivity index (χ1) is 6.77. The zero-order chi connectivity index (χ0) is 10.4. The molecular weight excluding hydrogens is 262 g/mol. The molecule has 2 nitrogen and oxygen atoms in total. The van der Waals surface area contributed by atoms with Gasteiger partial charge in [0.25, 0.3) is 0 Å². The normalized spacial score (nSPS) is 10.8. The lowest BCUT2D eigenvalue weighted by atomic mass is 10.2. The third-order valence-electron chi connectivity index (χ3n) is 1.57. The summed E-state index contributed by atoms with van der Waals surface area (Å²) in [7, 11) is 1.54. The Balaban J connectivity index is 2.96. The van der Waals surface area contributed by atoms with Gasteiger partial charge >= 0.3 is 0 Å². The van der Waals surface area contributed by atoms with Crippen molar-refractivity contribution in [3.8, 4) is 0 Å². The van der Waals surface area contributed by atoms with Gasteiger partial charge in [0.2, 0.25) is 0 Å². The van der Waals surface area contributed by atoms with Gasteiger partial charge in [0.05, 0.1) is 6.21 Å². The van der Waals surface area contributed by atoms with Crippen LogP contribution in [0.15, 0.2) is 32.7 Å². The molecule has 4 heteroatoms. The van der Waals surface area contributed by atoms with Crippen LogP contribution < -0.4 is 0 Å². The van der Waals surface area contributed by atoms with Crippen LogP contribution in [0.1, 0.15) is 12.5 Å². The fourth-order valence-electron chi connectivity index (χ4n) is 1.02. The zero-order valence-corrected chi connectivity index (χ0v) is 10.6. The molecule has 0 aliphatic rings. The monoisotopic (exact) mass is 273 g/mol. The lowest BCUT2D eigenvalue weighted by Crippen LogP contribution is -1.87. The molecular formula is C10H12BrNOS. The third kappa shape index (κ3) is 3.35. The van der Waals surface area contributed by atoms with Crippen molar-refractivity contribution in [3.63, 3.8) is 0 Å². The third-order valence-corrected chi connectivity index (χ3v) is 3.03. The lowest BCUT2D eigenvalue weighted by molar-refractivity contribution is 0.215. The van der Waals surface area contributed by atoms with Crippen LogP contribution in [0, 0.1) is 0 Å². The smallest absolute Gasteiger partial charge is 0.106 e. The average Bonchev–Trinajstić information content (AvgIpc) is 2.18. The van der Waals surface area contributed by atoms with Gasteiger partial charge in [-0.15, -0.1) is 11.8 Å². The summed E-state index contributed by atoms with van der Waals surface area (Å²) in [5.74, 6) is 1.05. The number of hydrogen-bond donors (Lipinski definition) is 0. The van der Waals surface area contributed by atoms with Gasteiger partial charge in [-0.1, -0.05) is 28.0 Å². The Morgan fingerprint density at radius 2 is 2.36 bits per heavy atom. The minimum absolute atomic E-state index is 1.05. The van der Waals surface area contributed by atoms with E-state index < -0.39 is 0 Å². The summed E-state index contributed by atoms with van der Waals surface area (Å²) in [6.07, 6.45) is 1.72. The second-order valence-electron chi connectivity index (χ2n) is 2.53. The van der Waals surface area contributed by atoms with Crippen molar-refractivity contribution in [1.29, 1.82) is 0 Å². The van der Waals surface area contributed by atoms with Crippen LogP contribution in [-0.2, 0) is 4.84 Å². The van der Waals surface area contributed by atoms with E-state index in [1.54, 1.807) is 25.1 Å². The molecule has 0 saturated heterocycles. The number of hydrogen-bond acceptors (Lipinski definition) is 3. The summed E-state index contributed by atoms with van der Waals surface area (Å²) >= 11 is 5.22. The Morgan fingerprint density at radius 3 is 3.00 bits per heavy atom. The van der Waals surface area contributed by atoms with E-state index in [1.807, 2.05) is 12.1 Å². The highest BCUT2D eigenvalue weighted by Gasteiger charge is 2.00.